The van der Waals surface area contributed by atoms with Gasteiger partial charge in [-0.15, -0.1) is 0 Å². The lowest BCUT2D eigenvalue weighted by Gasteiger charge is -2.20. The van der Waals surface area contributed by atoms with E-state index < -0.39 is 0 Å². The number of hydrogen-bond donors (Lipinski definition) is 1. The van der Waals surface area contributed by atoms with Crippen LogP contribution in [0.1, 0.15) is 30.5 Å². The van der Waals surface area contributed by atoms with Crippen LogP contribution in [0.5, 0.6) is 0 Å². The fourth-order valence-corrected chi connectivity index (χ4v) is 3.38. The highest BCUT2D eigenvalue weighted by Crippen LogP contribution is 2.29. The van der Waals surface area contributed by atoms with Crippen LogP contribution in [0.4, 0.5) is 0 Å². The van der Waals surface area contributed by atoms with E-state index in [4.69, 9.17) is 11.6 Å². The van der Waals surface area contributed by atoms with Crippen LogP contribution in [0.25, 0.3) is 0 Å². The Labute approximate surface area is 131 Å². The highest BCUT2D eigenvalue weighted by atomic mass is 127. The molecule has 0 amide bonds. The Kier molecular flexibility index (Phi) is 5.48. The van der Waals surface area contributed by atoms with E-state index in [2.05, 4.69) is 63.8 Å². The SMILES string of the molecule is CCCNC(c1ccsc1)c1cc(Cl)ccc1I. The molecular formula is C14H15ClINS. The Bertz CT molecular complexity index is 499. The monoisotopic (exact) mass is 391 g/mol. The Balaban J connectivity index is 2.36. The van der Waals surface area contributed by atoms with Gasteiger partial charge in [-0.2, -0.15) is 11.3 Å². The smallest absolute Gasteiger partial charge is 0.0595 e. The molecular weight excluding hydrogens is 377 g/mol. The van der Waals surface area contributed by atoms with E-state index in [-0.39, 0.29) is 6.04 Å². The van der Waals surface area contributed by atoms with Crippen LogP contribution in [0, 0.1) is 3.57 Å². The van der Waals surface area contributed by atoms with Crippen molar-refractivity contribution in [2.24, 2.45) is 0 Å². The van der Waals surface area contributed by atoms with Crippen molar-refractivity contribution < 1.29 is 0 Å². The average Bonchev–Trinajstić information content (AvgIpc) is 2.88. The summed E-state index contributed by atoms with van der Waals surface area (Å²) in [5.41, 5.74) is 2.57. The quantitative estimate of drug-likeness (QED) is 0.700. The molecule has 1 N–H and O–H groups in total. The number of rotatable bonds is 5. The molecule has 4 heteroatoms. The van der Waals surface area contributed by atoms with Gasteiger partial charge in [0.1, 0.15) is 0 Å². The zero-order valence-corrected chi connectivity index (χ0v) is 13.8. The highest BCUT2D eigenvalue weighted by molar-refractivity contribution is 14.1. The largest absolute Gasteiger partial charge is 0.306 e. The van der Waals surface area contributed by atoms with Gasteiger partial charge >= 0.3 is 0 Å². The lowest BCUT2D eigenvalue weighted by atomic mass is 10.0. The third kappa shape index (κ3) is 3.47. The second-order valence-electron chi connectivity index (χ2n) is 4.11. The molecule has 0 aliphatic carbocycles. The maximum atomic E-state index is 6.13. The van der Waals surface area contributed by atoms with Gasteiger partial charge in [0.25, 0.3) is 0 Å². The zero-order valence-electron chi connectivity index (χ0n) is 10.1. The van der Waals surface area contributed by atoms with Crippen LogP contribution in [0.3, 0.4) is 0 Å². The summed E-state index contributed by atoms with van der Waals surface area (Å²) in [5, 5.41) is 8.71. The van der Waals surface area contributed by atoms with Gasteiger partial charge < -0.3 is 5.32 Å². The van der Waals surface area contributed by atoms with Crippen molar-refractivity contribution in [2.75, 3.05) is 6.54 Å². The molecule has 18 heavy (non-hydrogen) atoms. The fraction of sp³-hybridized carbons (Fsp3) is 0.286. The number of benzene rings is 1. The van der Waals surface area contributed by atoms with Crippen LogP contribution < -0.4 is 5.32 Å². The van der Waals surface area contributed by atoms with Crippen LogP contribution >= 0.6 is 45.5 Å². The summed E-state index contributed by atoms with van der Waals surface area (Å²) in [7, 11) is 0. The number of nitrogens with one attached hydrogen (secondary N) is 1. The molecule has 1 unspecified atom stereocenters. The van der Waals surface area contributed by atoms with Gasteiger partial charge in [0.05, 0.1) is 6.04 Å². The topological polar surface area (TPSA) is 12.0 Å². The molecule has 0 aliphatic rings. The molecule has 96 valence electrons. The highest BCUT2D eigenvalue weighted by Gasteiger charge is 2.16. The van der Waals surface area contributed by atoms with Crippen molar-refractivity contribution in [1.82, 2.24) is 5.32 Å². The maximum Gasteiger partial charge on any atom is 0.0595 e. The van der Waals surface area contributed by atoms with E-state index in [1.165, 1.54) is 14.7 Å². The molecule has 2 aromatic rings. The predicted molar refractivity (Wildman–Crippen MR) is 88.6 cm³/mol. The Morgan fingerprint density at radius 2 is 2.22 bits per heavy atom. The Hall–Kier alpha value is -0.100. The number of thiophene rings is 1. The van der Waals surface area contributed by atoms with Gasteiger partial charge in [-0.25, -0.2) is 0 Å². The summed E-state index contributed by atoms with van der Waals surface area (Å²) in [4.78, 5) is 0. The standard InChI is InChI=1S/C14H15ClINS/c1-2-6-17-14(10-5-7-18-9-10)12-8-11(15)3-4-13(12)16/h3-5,7-9,14,17H,2,6H2,1H3. The predicted octanol–water partition coefficient (Wildman–Crippen LogP) is 5.10. The molecule has 2 rings (SSSR count). The van der Waals surface area contributed by atoms with E-state index in [0.29, 0.717) is 0 Å². The van der Waals surface area contributed by atoms with E-state index >= 15 is 0 Å². The van der Waals surface area contributed by atoms with E-state index in [1.807, 2.05) is 6.07 Å². The molecule has 0 fully saturated rings. The lowest BCUT2D eigenvalue weighted by molar-refractivity contribution is 0.598. The van der Waals surface area contributed by atoms with Crippen molar-refractivity contribution in [1.29, 1.82) is 0 Å². The van der Waals surface area contributed by atoms with Crippen molar-refractivity contribution in [3.8, 4) is 0 Å². The first-order chi connectivity index (χ1) is 8.72. The molecule has 0 bridgehead atoms. The van der Waals surface area contributed by atoms with E-state index in [0.717, 1.165) is 18.0 Å². The normalized spacial score (nSPS) is 12.6. The van der Waals surface area contributed by atoms with Crippen molar-refractivity contribution >= 4 is 45.5 Å². The van der Waals surface area contributed by atoms with Gasteiger partial charge in [-0.05, 0) is 81.7 Å². The van der Waals surface area contributed by atoms with Crippen molar-refractivity contribution in [3.63, 3.8) is 0 Å². The van der Waals surface area contributed by atoms with Crippen LogP contribution in [0.2, 0.25) is 5.02 Å². The van der Waals surface area contributed by atoms with Crippen LogP contribution in [0.15, 0.2) is 35.0 Å². The summed E-state index contributed by atoms with van der Waals surface area (Å²) in [6, 6.07) is 8.49. The summed E-state index contributed by atoms with van der Waals surface area (Å²) in [6.45, 7) is 3.18. The van der Waals surface area contributed by atoms with E-state index in [9.17, 15) is 0 Å². The maximum absolute atomic E-state index is 6.13. The molecule has 0 spiro atoms. The van der Waals surface area contributed by atoms with Gasteiger partial charge in [-0.3, -0.25) is 0 Å². The lowest BCUT2D eigenvalue weighted by Crippen LogP contribution is -2.23. The number of halogens is 2. The summed E-state index contributed by atoms with van der Waals surface area (Å²) >= 11 is 10.2. The molecule has 0 radical (unpaired) electrons. The van der Waals surface area contributed by atoms with Crippen LogP contribution in [-0.4, -0.2) is 6.54 Å². The third-order valence-electron chi connectivity index (χ3n) is 2.74. The minimum Gasteiger partial charge on any atom is -0.306 e. The average molecular weight is 392 g/mol. The summed E-state index contributed by atoms with van der Waals surface area (Å²) < 4.78 is 1.25. The first-order valence-corrected chi connectivity index (χ1v) is 8.32. The van der Waals surface area contributed by atoms with Gasteiger partial charge in [-0.1, -0.05) is 18.5 Å². The van der Waals surface area contributed by atoms with E-state index in [1.54, 1.807) is 11.3 Å². The molecule has 0 saturated heterocycles. The Morgan fingerprint density at radius 3 is 2.89 bits per heavy atom. The van der Waals surface area contributed by atoms with Crippen molar-refractivity contribution in [3.05, 3.63) is 54.7 Å². The molecule has 1 aromatic carbocycles. The summed E-state index contributed by atoms with van der Waals surface area (Å²) in [6.07, 6.45) is 1.12. The molecule has 1 aromatic heterocycles. The molecule has 0 saturated carbocycles. The minimum absolute atomic E-state index is 0.238. The fourth-order valence-electron chi connectivity index (χ4n) is 1.87. The number of hydrogen-bond acceptors (Lipinski definition) is 2. The summed E-state index contributed by atoms with van der Waals surface area (Å²) in [5.74, 6) is 0. The molecule has 1 atom stereocenters. The molecule has 0 aliphatic heterocycles. The Morgan fingerprint density at radius 1 is 1.39 bits per heavy atom. The minimum atomic E-state index is 0.238. The van der Waals surface area contributed by atoms with Gasteiger partial charge in [0.2, 0.25) is 0 Å². The van der Waals surface area contributed by atoms with Crippen LogP contribution in [-0.2, 0) is 0 Å². The molecule has 1 heterocycles. The molecule has 1 nitrogen and oxygen atoms in total. The first-order valence-electron chi connectivity index (χ1n) is 5.92. The van der Waals surface area contributed by atoms with Gasteiger partial charge in [0.15, 0.2) is 0 Å². The first kappa shape index (κ1) is 14.3. The zero-order chi connectivity index (χ0) is 13.0. The third-order valence-corrected chi connectivity index (χ3v) is 4.66. The second-order valence-corrected chi connectivity index (χ2v) is 6.49. The second kappa shape index (κ2) is 6.89. The van der Waals surface area contributed by atoms with Gasteiger partial charge in [0, 0.05) is 8.59 Å². The van der Waals surface area contributed by atoms with Crippen molar-refractivity contribution in [2.45, 2.75) is 19.4 Å².